The van der Waals surface area contributed by atoms with E-state index >= 15 is 0 Å². The average Bonchev–Trinajstić information content (AvgIpc) is 2.80. The zero-order valence-corrected chi connectivity index (χ0v) is 10.3. The smallest absolute Gasteiger partial charge is 0.121 e. The zero-order valence-electron chi connectivity index (χ0n) is 10.3. The Morgan fingerprint density at radius 3 is 3.06 bits per heavy atom. The van der Waals surface area contributed by atoms with Crippen molar-refractivity contribution in [3.63, 3.8) is 0 Å². The number of hydrogen-bond donors (Lipinski definition) is 1. The molecule has 1 aromatic heterocycles. The minimum absolute atomic E-state index is 0.362. The standard InChI is InChI=1S/C14H15N3O/c1-17-10-13(9-16-17)11-18-14-6-2-4-12(8-14)5-3-7-15/h2,4,6,8-10H,7,11,15H2,1H3. The Kier molecular flexibility index (Phi) is 4.00. The largest absolute Gasteiger partial charge is 0.489 e. The van der Waals surface area contributed by atoms with Crippen LogP contribution in [0.2, 0.25) is 0 Å². The van der Waals surface area contributed by atoms with Crippen LogP contribution in [0.4, 0.5) is 0 Å². The fourth-order valence-electron chi connectivity index (χ4n) is 1.53. The summed E-state index contributed by atoms with van der Waals surface area (Å²) in [5.41, 5.74) is 7.28. The first-order valence-corrected chi connectivity index (χ1v) is 5.67. The van der Waals surface area contributed by atoms with E-state index in [0.717, 1.165) is 16.9 Å². The number of benzene rings is 1. The van der Waals surface area contributed by atoms with Crippen molar-refractivity contribution in [2.24, 2.45) is 12.8 Å². The van der Waals surface area contributed by atoms with Gasteiger partial charge in [-0.05, 0) is 18.2 Å². The molecule has 0 spiro atoms. The molecular formula is C14H15N3O. The molecule has 1 heterocycles. The van der Waals surface area contributed by atoms with Gasteiger partial charge >= 0.3 is 0 Å². The van der Waals surface area contributed by atoms with Gasteiger partial charge in [0.2, 0.25) is 0 Å². The highest BCUT2D eigenvalue weighted by Crippen LogP contribution is 2.14. The summed E-state index contributed by atoms with van der Waals surface area (Å²) in [7, 11) is 1.88. The number of nitrogens with zero attached hydrogens (tertiary/aromatic N) is 2. The summed E-state index contributed by atoms with van der Waals surface area (Å²) >= 11 is 0. The van der Waals surface area contributed by atoms with Crippen LogP contribution in [-0.2, 0) is 13.7 Å². The van der Waals surface area contributed by atoms with E-state index in [0.29, 0.717) is 13.2 Å². The molecule has 0 atom stereocenters. The molecule has 18 heavy (non-hydrogen) atoms. The SMILES string of the molecule is Cn1cc(COc2cccc(C#CCN)c2)cn1. The molecule has 2 N–H and O–H groups in total. The lowest BCUT2D eigenvalue weighted by atomic mass is 10.2. The topological polar surface area (TPSA) is 53.1 Å². The summed E-state index contributed by atoms with van der Waals surface area (Å²) in [5.74, 6) is 6.59. The Balaban J connectivity index is 2.01. The van der Waals surface area contributed by atoms with E-state index in [1.807, 2.05) is 37.5 Å². The highest BCUT2D eigenvalue weighted by molar-refractivity contribution is 5.39. The molecule has 1 aromatic carbocycles. The third-order valence-electron chi connectivity index (χ3n) is 2.33. The van der Waals surface area contributed by atoms with Gasteiger partial charge in [0.1, 0.15) is 12.4 Å². The maximum atomic E-state index is 5.67. The first kappa shape index (κ1) is 12.2. The van der Waals surface area contributed by atoms with Gasteiger partial charge < -0.3 is 10.5 Å². The van der Waals surface area contributed by atoms with E-state index in [2.05, 4.69) is 16.9 Å². The van der Waals surface area contributed by atoms with Gasteiger partial charge in [-0.15, -0.1) is 0 Å². The summed E-state index contributed by atoms with van der Waals surface area (Å²) in [4.78, 5) is 0. The first-order chi connectivity index (χ1) is 8.78. The number of hydrogen-bond acceptors (Lipinski definition) is 3. The van der Waals surface area contributed by atoms with Gasteiger partial charge in [0, 0.05) is 24.4 Å². The molecule has 0 amide bonds. The summed E-state index contributed by atoms with van der Waals surface area (Å²) in [5, 5.41) is 4.09. The van der Waals surface area contributed by atoms with Crippen LogP contribution in [0.15, 0.2) is 36.7 Å². The minimum Gasteiger partial charge on any atom is -0.489 e. The average molecular weight is 241 g/mol. The van der Waals surface area contributed by atoms with Crippen LogP contribution in [0.1, 0.15) is 11.1 Å². The Bertz CT molecular complexity index is 578. The molecule has 0 aliphatic rings. The minimum atomic E-state index is 0.362. The van der Waals surface area contributed by atoms with Gasteiger partial charge in [-0.25, -0.2) is 0 Å². The molecule has 0 aliphatic carbocycles. The van der Waals surface area contributed by atoms with Crippen LogP contribution in [-0.4, -0.2) is 16.3 Å². The monoisotopic (exact) mass is 241 g/mol. The van der Waals surface area contributed by atoms with E-state index in [1.54, 1.807) is 10.9 Å². The van der Waals surface area contributed by atoms with Crippen molar-refractivity contribution in [3.05, 3.63) is 47.8 Å². The van der Waals surface area contributed by atoms with E-state index in [9.17, 15) is 0 Å². The zero-order chi connectivity index (χ0) is 12.8. The van der Waals surface area contributed by atoms with E-state index in [-0.39, 0.29) is 0 Å². The van der Waals surface area contributed by atoms with E-state index in [4.69, 9.17) is 10.5 Å². The summed E-state index contributed by atoms with van der Waals surface area (Å²) in [6, 6.07) is 7.65. The Labute approximate surface area is 106 Å². The molecule has 2 aromatic rings. The molecule has 0 saturated heterocycles. The predicted octanol–water partition coefficient (Wildman–Crippen LogP) is 1.31. The van der Waals surface area contributed by atoms with Gasteiger partial charge in [0.05, 0.1) is 12.7 Å². The molecule has 0 saturated carbocycles. The van der Waals surface area contributed by atoms with Crippen molar-refractivity contribution in [2.45, 2.75) is 6.61 Å². The quantitative estimate of drug-likeness (QED) is 0.824. The van der Waals surface area contributed by atoms with Crippen LogP contribution in [0.25, 0.3) is 0 Å². The van der Waals surface area contributed by atoms with Crippen molar-refractivity contribution in [3.8, 4) is 17.6 Å². The van der Waals surface area contributed by atoms with Gasteiger partial charge in [-0.3, -0.25) is 4.68 Å². The van der Waals surface area contributed by atoms with Crippen molar-refractivity contribution >= 4 is 0 Å². The van der Waals surface area contributed by atoms with Gasteiger partial charge in [-0.2, -0.15) is 5.10 Å². The van der Waals surface area contributed by atoms with Crippen LogP contribution in [0.3, 0.4) is 0 Å². The van der Waals surface area contributed by atoms with E-state index in [1.165, 1.54) is 0 Å². The second kappa shape index (κ2) is 5.89. The van der Waals surface area contributed by atoms with Crippen LogP contribution in [0.5, 0.6) is 5.75 Å². The summed E-state index contributed by atoms with van der Waals surface area (Å²) < 4.78 is 7.43. The molecule has 0 aliphatic heterocycles. The second-order valence-electron chi connectivity index (χ2n) is 3.84. The van der Waals surface area contributed by atoms with Crippen LogP contribution < -0.4 is 10.5 Å². The summed E-state index contributed by atoms with van der Waals surface area (Å²) in [6.45, 7) is 0.863. The third kappa shape index (κ3) is 3.37. The molecule has 0 radical (unpaired) electrons. The Morgan fingerprint density at radius 2 is 2.33 bits per heavy atom. The predicted molar refractivity (Wildman–Crippen MR) is 69.9 cm³/mol. The maximum absolute atomic E-state index is 5.67. The van der Waals surface area contributed by atoms with Gasteiger partial charge in [0.25, 0.3) is 0 Å². The normalized spacial score (nSPS) is 9.67. The molecule has 92 valence electrons. The molecule has 2 rings (SSSR count). The van der Waals surface area contributed by atoms with Crippen molar-refractivity contribution < 1.29 is 4.74 Å². The number of rotatable bonds is 3. The maximum Gasteiger partial charge on any atom is 0.121 e. The van der Waals surface area contributed by atoms with Gasteiger partial charge in [-0.1, -0.05) is 17.9 Å². The molecule has 4 heteroatoms. The second-order valence-corrected chi connectivity index (χ2v) is 3.84. The number of ether oxygens (including phenoxy) is 1. The van der Waals surface area contributed by atoms with Crippen molar-refractivity contribution in [1.29, 1.82) is 0 Å². The van der Waals surface area contributed by atoms with E-state index < -0.39 is 0 Å². The highest BCUT2D eigenvalue weighted by atomic mass is 16.5. The lowest BCUT2D eigenvalue weighted by Gasteiger charge is -2.04. The lowest BCUT2D eigenvalue weighted by molar-refractivity contribution is 0.306. The fraction of sp³-hybridized carbons (Fsp3) is 0.214. The third-order valence-corrected chi connectivity index (χ3v) is 2.33. The molecule has 0 fully saturated rings. The van der Waals surface area contributed by atoms with Crippen LogP contribution in [0, 0.1) is 11.8 Å². The summed E-state index contributed by atoms with van der Waals surface area (Å²) in [6.07, 6.45) is 3.72. The first-order valence-electron chi connectivity index (χ1n) is 5.67. The Morgan fingerprint density at radius 1 is 1.44 bits per heavy atom. The fourth-order valence-corrected chi connectivity index (χ4v) is 1.53. The number of nitrogens with two attached hydrogens (primary N) is 1. The molecule has 0 bridgehead atoms. The lowest BCUT2D eigenvalue weighted by Crippen LogP contribution is -1.95. The van der Waals surface area contributed by atoms with Crippen LogP contribution >= 0.6 is 0 Å². The number of aromatic nitrogens is 2. The number of aryl methyl sites for hydroxylation is 1. The Hall–Kier alpha value is -2.25. The van der Waals surface area contributed by atoms with Gasteiger partial charge in [0.15, 0.2) is 0 Å². The molecule has 0 unspecified atom stereocenters. The van der Waals surface area contributed by atoms with Crippen molar-refractivity contribution in [2.75, 3.05) is 6.54 Å². The van der Waals surface area contributed by atoms with Crippen molar-refractivity contribution in [1.82, 2.24) is 9.78 Å². The molecule has 4 nitrogen and oxygen atoms in total. The highest BCUT2D eigenvalue weighted by Gasteiger charge is 1.98. The molecular weight excluding hydrogens is 226 g/mol.